The van der Waals surface area contributed by atoms with Crippen molar-refractivity contribution in [3.8, 4) is 11.8 Å². The molecule has 0 aliphatic heterocycles. The molecule has 0 radical (unpaired) electrons. The smallest absolute Gasteiger partial charge is 0.269 e. The van der Waals surface area contributed by atoms with Crippen molar-refractivity contribution in [2.75, 3.05) is 5.32 Å². The lowest BCUT2D eigenvalue weighted by molar-refractivity contribution is -0.384. The molecule has 172 valence electrons. The van der Waals surface area contributed by atoms with Crippen molar-refractivity contribution in [1.29, 1.82) is 5.26 Å². The number of benzene rings is 3. The fraction of sp³-hybridized carbons (Fsp3) is 0.0833. The molecule has 3 aromatic carbocycles. The van der Waals surface area contributed by atoms with Crippen LogP contribution in [0.15, 0.2) is 64.6 Å². The van der Waals surface area contributed by atoms with Gasteiger partial charge < -0.3 is 10.1 Å². The largest absolute Gasteiger partial charge is 0.486 e. The van der Waals surface area contributed by atoms with Gasteiger partial charge in [0.15, 0.2) is 5.75 Å². The average molecular weight is 561 g/mol. The fourth-order valence-electron chi connectivity index (χ4n) is 2.92. The van der Waals surface area contributed by atoms with Crippen molar-refractivity contribution < 1.29 is 14.5 Å². The molecule has 3 rings (SSSR count). The number of amides is 1. The highest BCUT2D eigenvalue weighted by Crippen LogP contribution is 2.36. The zero-order valence-corrected chi connectivity index (χ0v) is 20.7. The van der Waals surface area contributed by atoms with Gasteiger partial charge in [0.2, 0.25) is 0 Å². The second kappa shape index (κ2) is 11.2. The lowest BCUT2D eigenvalue weighted by atomic mass is 10.1. The summed E-state index contributed by atoms with van der Waals surface area (Å²) < 4.78 is 6.28. The van der Waals surface area contributed by atoms with Crippen molar-refractivity contribution in [3.63, 3.8) is 0 Å². The number of hydrogen-bond donors (Lipinski definition) is 1. The Morgan fingerprint density at radius 2 is 1.91 bits per heavy atom. The lowest BCUT2D eigenvalue weighted by Crippen LogP contribution is -2.14. The molecule has 0 aliphatic rings. The van der Waals surface area contributed by atoms with Gasteiger partial charge in [0.1, 0.15) is 18.2 Å². The molecule has 0 saturated heterocycles. The molecule has 7 nitrogen and oxygen atoms in total. The molecule has 3 aromatic rings. The highest BCUT2D eigenvalue weighted by atomic mass is 79.9. The zero-order chi connectivity index (χ0) is 24.8. The van der Waals surface area contributed by atoms with Crippen molar-refractivity contribution >= 4 is 62.5 Å². The van der Waals surface area contributed by atoms with E-state index in [2.05, 4.69) is 21.2 Å². The van der Waals surface area contributed by atoms with Crippen LogP contribution in [0.1, 0.15) is 16.7 Å². The van der Waals surface area contributed by atoms with Crippen LogP contribution in [0.25, 0.3) is 6.08 Å². The average Bonchev–Trinajstić information content (AvgIpc) is 2.80. The second-order valence-corrected chi connectivity index (χ2v) is 8.73. The number of anilines is 1. The molecule has 0 fully saturated rings. The summed E-state index contributed by atoms with van der Waals surface area (Å²) in [5, 5.41) is 23.7. The summed E-state index contributed by atoms with van der Waals surface area (Å²) in [5.41, 5.74) is 2.29. The van der Waals surface area contributed by atoms with Crippen LogP contribution >= 0.6 is 39.1 Å². The first-order valence-corrected chi connectivity index (χ1v) is 11.3. The molecule has 34 heavy (non-hydrogen) atoms. The van der Waals surface area contributed by atoms with Gasteiger partial charge in [-0.15, -0.1) is 0 Å². The molecule has 0 aromatic heterocycles. The summed E-state index contributed by atoms with van der Waals surface area (Å²) >= 11 is 15.9. The van der Waals surface area contributed by atoms with Gasteiger partial charge >= 0.3 is 0 Å². The molecule has 1 amide bonds. The normalized spacial score (nSPS) is 11.0. The Labute approximate surface area is 213 Å². The van der Waals surface area contributed by atoms with Crippen LogP contribution in [0.5, 0.6) is 5.75 Å². The number of ether oxygens (including phenoxy) is 1. The van der Waals surface area contributed by atoms with Crippen LogP contribution in [0.3, 0.4) is 0 Å². The van der Waals surface area contributed by atoms with E-state index in [1.165, 1.54) is 18.2 Å². The van der Waals surface area contributed by atoms with E-state index in [1.807, 2.05) is 6.07 Å². The number of nitro groups is 1. The Kier molecular flexibility index (Phi) is 8.29. The number of nitro benzene ring substituents is 1. The number of non-ortho nitro benzene ring substituents is 1. The second-order valence-electron chi connectivity index (χ2n) is 7.06. The Hall–Kier alpha value is -3.38. The topological polar surface area (TPSA) is 105 Å². The Bertz CT molecular complexity index is 1310. The van der Waals surface area contributed by atoms with Gasteiger partial charge in [-0.3, -0.25) is 14.9 Å². The lowest BCUT2D eigenvalue weighted by Gasteiger charge is -2.12. The summed E-state index contributed by atoms with van der Waals surface area (Å²) in [6.45, 7) is 1.90. The highest BCUT2D eigenvalue weighted by Gasteiger charge is 2.14. The van der Waals surface area contributed by atoms with Crippen LogP contribution in [0.2, 0.25) is 10.0 Å². The molecule has 0 spiro atoms. The van der Waals surface area contributed by atoms with Gasteiger partial charge in [0.05, 0.1) is 14.4 Å². The van der Waals surface area contributed by atoms with Gasteiger partial charge in [0.25, 0.3) is 11.6 Å². The molecular weight excluding hydrogens is 545 g/mol. The number of nitriles is 1. The van der Waals surface area contributed by atoms with E-state index in [4.69, 9.17) is 27.9 Å². The van der Waals surface area contributed by atoms with Crippen molar-refractivity contribution in [2.45, 2.75) is 13.5 Å². The van der Waals surface area contributed by atoms with Crippen LogP contribution in [-0.4, -0.2) is 10.8 Å². The van der Waals surface area contributed by atoms with E-state index in [9.17, 15) is 20.2 Å². The zero-order valence-electron chi connectivity index (χ0n) is 17.6. The number of nitrogens with one attached hydrogen (secondary N) is 1. The van der Waals surface area contributed by atoms with E-state index in [0.29, 0.717) is 32.1 Å². The fourth-order valence-corrected chi connectivity index (χ4v) is 4.08. The Morgan fingerprint density at radius 3 is 2.53 bits per heavy atom. The first-order valence-electron chi connectivity index (χ1n) is 9.73. The Balaban J connectivity index is 1.76. The van der Waals surface area contributed by atoms with Gasteiger partial charge in [-0.1, -0.05) is 29.3 Å². The minimum atomic E-state index is -0.585. The summed E-state index contributed by atoms with van der Waals surface area (Å²) in [7, 11) is 0. The van der Waals surface area contributed by atoms with Crippen LogP contribution in [0, 0.1) is 28.4 Å². The first-order chi connectivity index (χ1) is 16.2. The summed E-state index contributed by atoms with van der Waals surface area (Å²) in [6.07, 6.45) is 1.41. The standard InChI is InChI=1S/C24H16BrCl2N3O4/c1-14-20(26)3-2-4-22(14)29-24(31)17(12-28)9-16-10-19(25)23(21(27)11-16)34-13-15-5-7-18(8-6-15)30(32)33/h2-11H,13H2,1H3,(H,29,31)/b17-9-. The predicted molar refractivity (Wildman–Crippen MR) is 135 cm³/mol. The molecule has 0 aliphatic carbocycles. The maximum Gasteiger partial charge on any atom is 0.269 e. The number of rotatable bonds is 7. The van der Waals surface area contributed by atoms with E-state index in [-0.39, 0.29) is 22.9 Å². The monoisotopic (exact) mass is 559 g/mol. The van der Waals surface area contributed by atoms with Crippen LogP contribution in [-0.2, 0) is 11.4 Å². The molecule has 1 N–H and O–H groups in total. The summed E-state index contributed by atoms with van der Waals surface area (Å²) in [6, 6.07) is 16.2. The number of carbonyl (C=O) groups excluding carboxylic acids is 1. The molecule has 0 heterocycles. The number of halogens is 3. The number of hydrogen-bond acceptors (Lipinski definition) is 5. The van der Waals surface area contributed by atoms with Gasteiger partial charge in [-0.05, 0) is 82.0 Å². The maximum absolute atomic E-state index is 12.6. The highest BCUT2D eigenvalue weighted by molar-refractivity contribution is 9.10. The van der Waals surface area contributed by atoms with E-state index in [1.54, 1.807) is 49.4 Å². The third kappa shape index (κ3) is 6.14. The predicted octanol–water partition coefficient (Wildman–Crippen LogP) is 7.10. The minimum Gasteiger partial charge on any atom is -0.486 e. The van der Waals surface area contributed by atoms with Crippen molar-refractivity contribution in [3.05, 3.63) is 101 Å². The molecule has 0 unspecified atom stereocenters. The third-order valence-electron chi connectivity index (χ3n) is 4.74. The van der Waals surface area contributed by atoms with Crippen LogP contribution in [0.4, 0.5) is 11.4 Å². The van der Waals surface area contributed by atoms with Crippen LogP contribution < -0.4 is 10.1 Å². The van der Waals surface area contributed by atoms with Crippen molar-refractivity contribution in [2.24, 2.45) is 0 Å². The molecule has 0 saturated carbocycles. The van der Waals surface area contributed by atoms with Gasteiger partial charge in [-0.2, -0.15) is 5.26 Å². The quantitative estimate of drug-likeness (QED) is 0.144. The summed E-state index contributed by atoms with van der Waals surface area (Å²) in [4.78, 5) is 22.9. The number of carbonyl (C=O) groups is 1. The SMILES string of the molecule is Cc1c(Cl)cccc1NC(=O)/C(C#N)=C\c1cc(Cl)c(OCc2ccc([N+](=O)[O-])cc2)c(Br)c1. The first kappa shape index (κ1) is 25.2. The minimum absolute atomic E-state index is 0.0121. The number of nitrogens with zero attached hydrogens (tertiary/aromatic N) is 2. The van der Waals surface area contributed by atoms with E-state index >= 15 is 0 Å². The summed E-state index contributed by atoms with van der Waals surface area (Å²) in [5.74, 6) is -0.228. The molecule has 0 atom stereocenters. The maximum atomic E-state index is 12.6. The van der Waals surface area contributed by atoms with Crippen molar-refractivity contribution in [1.82, 2.24) is 0 Å². The molecular formula is C24H16BrCl2N3O4. The van der Waals surface area contributed by atoms with E-state index < -0.39 is 10.8 Å². The molecule has 10 heteroatoms. The van der Waals surface area contributed by atoms with Gasteiger partial charge in [0, 0.05) is 22.8 Å². The van der Waals surface area contributed by atoms with Gasteiger partial charge in [-0.25, -0.2) is 0 Å². The van der Waals surface area contributed by atoms with E-state index in [0.717, 1.165) is 5.56 Å². The third-order valence-corrected chi connectivity index (χ3v) is 6.02. The Morgan fingerprint density at radius 1 is 1.21 bits per heavy atom. The molecule has 0 bridgehead atoms.